The second-order valence-corrected chi connectivity index (χ2v) is 5.21. The van der Waals surface area contributed by atoms with Crippen molar-refractivity contribution in [1.82, 2.24) is 10.3 Å². The molecule has 0 aliphatic heterocycles. The number of rotatable bonds is 6. The fourth-order valence-electron chi connectivity index (χ4n) is 2.69. The quantitative estimate of drug-likeness (QED) is 0.650. The van der Waals surface area contributed by atoms with Gasteiger partial charge in [-0.05, 0) is 30.2 Å². The van der Waals surface area contributed by atoms with Gasteiger partial charge in [0.2, 0.25) is 0 Å². The van der Waals surface area contributed by atoms with E-state index >= 15 is 0 Å². The number of aromatic amines is 1. The van der Waals surface area contributed by atoms with Crippen molar-refractivity contribution in [3.8, 4) is 0 Å². The second-order valence-electron chi connectivity index (χ2n) is 5.21. The van der Waals surface area contributed by atoms with E-state index in [1.54, 1.807) is 0 Å². The van der Waals surface area contributed by atoms with E-state index in [2.05, 4.69) is 34.7 Å². The molecule has 1 heterocycles. The maximum absolute atomic E-state index is 9.54. The number of aliphatic hydroxyl groups excluding tert-OH is 1. The Balaban J connectivity index is 1.63. The minimum atomic E-state index is -0.00333. The zero-order valence-corrected chi connectivity index (χ0v) is 11.9. The van der Waals surface area contributed by atoms with Crippen molar-refractivity contribution in [3.05, 3.63) is 71.9 Å². The van der Waals surface area contributed by atoms with E-state index in [-0.39, 0.29) is 12.6 Å². The van der Waals surface area contributed by atoms with E-state index in [4.69, 9.17) is 0 Å². The smallest absolute Gasteiger partial charge is 0.0626 e. The number of aromatic nitrogens is 1. The van der Waals surface area contributed by atoms with Gasteiger partial charge in [0.05, 0.1) is 12.6 Å². The molecule has 2 aromatic carbocycles. The van der Waals surface area contributed by atoms with Crippen LogP contribution in [-0.2, 0) is 6.42 Å². The van der Waals surface area contributed by atoms with Crippen LogP contribution < -0.4 is 5.32 Å². The summed E-state index contributed by atoms with van der Waals surface area (Å²) in [6.45, 7) is 0.944. The molecular weight excluding hydrogens is 260 g/mol. The fraction of sp³-hybridized carbons (Fsp3) is 0.222. The number of hydrogen-bond donors (Lipinski definition) is 3. The largest absolute Gasteiger partial charge is 0.394 e. The summed E-state index contributed by atoms with van der Waals surface area (Å²) in [5, 5.41) is 14.2. The third-order valence-electron chi connectivity index (χ3n) is 3.84. The Hall–Kier alpha value is -2.10. The van der Waals surface area contributed by atoms with Crippen molar-refractivity contribution >= 4 is 10.9 Å². The average molecular weight is 280 g/mol. The highest BCUT2D eigenvalue weighted by Crippen LogP contribution is 2.18. The standard InChI is InChI=1S/C18H20N2O/c21-13-18(14-6-2-1-3-7-14)19-11-10-15-12-20-17-9-5-4-8-16(15)17/h1-9,12,18-21H,10-11,13H2. The second kappa shape index (κ2) is 6.57. The summed E-state index contributed by atoms with van der Waals surface area (Å²) in [6.07, 6.45) is 3.01. The van der Waals surface area contributed by atoms with Gasteiger partial charge in [-0.1, -0.05) is 48.5 Å². The molecule has 3 N–H and O–H groups in total. The summed E-state index contributed by atoms with van der Waals surface area (Å²) in [5.74, 6) is 0. The number of benzene rings is 2. The molecule has 0 fully saturated rings. The van der Waals surface area contributed by atoms with Gasteiger partial charge in [-0.15, -0.1) is 0 Å². The van der Waals surface area contributed by atoms with Crippen LogP contribution in [-0.4, -0.2) is 23.2 Å². The van der Waals surface area contributed by atoms with Gasteiger partial charge in [-0.3, -0.25) is 0 Å². The van der Waals surface area contributed by atoms with Gasteiger partial charge in [-0.2, -0.15) is 0 Å². The number of fused-ring (bicyclic) bond motifs is 1. The Morgan fingerprint density at radius 1 is 1.00 bits per heavy atom. The summed E-state index contributed by atoms with van der Waals surface area (Å²) in [7, 11) is 0. The summed E-state index contributed by atoms with van der Waals surface area (Å²) in [4.78, 5) is 3.29. The van der Waals surface area contributed by atoms with Gasteiger partial charge in [-0.25, -0.2) is 0 Å². The summed E-state index contributed by atoms with van der Waals surface area (Å²) in [5.41, 5.74) is 3.61. The van der Waals surface area contributed by atoms with Crippen LogP contribution in [0.15, 0.2) is 60.8 Å². The van der Waals surface area contributed by atoms with Crippen LogP contribution in [0.1, 0.15) is 17.2 Å². The van der Waals surface area contributed by atoms with Crippen LogP contribution >= 0.6 is 0 Å². The molecule has 0 radical (unpaired) electrons. The van der Waals surface area contributed by atoms with Crippen LogP contribution in [0.4, 0.5) is 0 Å². The minimum Gasteiger partial charge on any atom is -0.394 e. The molecule has 21 heavy (non-hydrogen) atoms. The van der Waals surface area contributed by atoms with Crippen molar-refractivity contribution in [2.75, 3.05) is 13.2 Å². The first-order chi connectivity index (χ1) is 10.4. The van der Waals surface area contributed by atoms with Crippen LogP contribution in [0.5, 0.6) is 0 Å². The van der Waals surface area contributed by atoms with Crippen molar-refractivity contribution < 1.29 is 5.11 Å². The first-order valence-corrected chi connectivity index (χ1v) is 7.32. The van der Waals surface area contributed by atoms with Gasteiger partial charge in [0.25, 0.3) is 0 Å². The van der Waals surface area contributed by atoms with Crippen LogP contribution in [0.2, 0.25) is 0 Å². The minimum absolute atomic E-state index is 0.00333. The lowest BCUT2D eigenvalue weighted by Gasteiger charge is -2.16. The number of aliphatic hydroxyl groups is 1. The van der Waals surface area contributed by atoms with E-state index in [0.717, 1.165) is 18.5 Å². The molecule has 0 aliphatic rings. The molecule has 3 rings (SSSR count). The molecule has 0 amide bonds. The van der Waals surface area contributed by atoms with Crippen molar-refractivity contribution in [1.29, 1.82) is 0 Å². The molecule has 0 spiro atoms. The Bertz CT molecular complexity index is 691. The monoisotopic (exact) mass is 280 g/mol. The molecule has 0 bridgehead atoms. The van der Waals surface area contributed by atoms with Crippen LogP contribution in [0.3, 0.4) is 0 Å². The van der Waals surface area contributed by atoms with Gasteiger partial charge in [0.15, 0.2) is 0 Å². The van der Waals surface area contributed by atoms with Crippen molar-refractivity contribution in [2.45, 2.75) is 12.5 Å². The topological polar surface area (TPSA) is 48.0 Å². The lowest BCUT2D eigenvalue weighted by molar-refractivity contribution is 0.245. The van der Waals surface area contributed by atoms with Gasteiger partial charge >= 0.3 is 0 Å². The van der Waals surface area contributed by atoms with E-state index in [1.165, 1.54) is 16.5 Å². The predicted molar refractivity (Wildman–Crippen MR) is 86.3 cm³/mol. The summed E-state index contributed by atoms with van der Waals surface area (Å²) < 4.78 is 0. The fourth-order valence-corrected chi connectivity index (χ4v) is 2.69. The molecule has 3 nitrogen and oxygen atoms in total. The molecule has 1 atom stereocenters. The molecular formula is C18H20N2O. The van der Waals surface area contributed by atoms with Gasteiger partial charge in [0.1, 0.15) is 0 Å². The number of H-pyrrole nitrogens is 1. The van der Waals surface area contributed by atoms with Crippen LogP contribution in [0, 0.1) is 0 Å². The Kier molecular flexibility index (Phi) is 4.34. The first-order valence-electron chi connectivity index (χ1n) is 7.32. The van der Waals surface area contributed by atoms with Gasteiger partial charge in [0, 0.05) is 17.1 Å². The van der Waals surface area contributed by atoms with Crippen molar-refractivity contribution in [3.63, 3.8) is 0 Å². The first kappa shape index (κ1) is 13.9. The zero-order chi connectivity index (χ0) is 14.5. The molecule has 0 aliphatic carbocycles. The molecule has 3 heteroatoms. The van der Waals surface area contributed by atoms with Crippen LogP contribution in [0.25, 0.3) is 10.9 Å². The van der Waals surface area contributed by atoms with E-state index in [0.29, 0.717) is 0 Å². The lowest BCUT2D eigenvalue weighted by atomic mass is 10.1. The number of hydrogen-bond acceptors (Lipinski definition) is 2. The highest BCUT2D eigenvalue weighted by molar-refractivity contribution is 5.83. The SMILES string of the molecule is OCC(NCCc1c[nH]c2ccccc12)c1ccccc1. The summed E-state index contributed by atoms with van der Waals surface area (Å²) >= 11 is 0. The van der Waals surface area contributed by atoms with Crippen molar-refractivity contribution in [2.24, 2.45) is 0 Å². The van der Waals surface area contributed by atoms with E-state index < -0.39 is 0 Å². The van der Waals surface area contributed by atoms with E-state index in [9.17, 15) is 5.11 Å². The Labute approximate surface area is 124 Å². The average Bonchev–Trinajstić information content (AvgIpc) is 2.96. The number of nitrogens with one attached hydrogen (secondary N) is 2. The normalized spacial score (nSPS) is 12.6. The molecule has 1 unspecified atom stereocenters. The Morgan fingerprint density at radius 2 is 1.76 bits per heavy atom. The maximum atomic E-state index is 9.54. The molecule has 3 aromatic rings. The third kappa shape index (κ3) is 3.15. The third-order valence-corrected chi connectivity index (χ3v) is 3.84. The number of para-hydroxylation sites is 1. The summed E-state index contributed by atoms with van der Waals surface area (Å²) in [6, 6.07) is 18.4. The zero-order valence-electron chi connectivity index (χ0n) is 11.9. The molecule has 0 saturated heterocycles. The van der Waals surface area contributed by atoms with E-state index in [1.807, 2.05) is 36.4 Å². The Morgan fingerprint density at radius 3 is 2.57 bits per heavy atom. The maximum Gasteiger partial charge on any atom is 0.0626 e. The molecule has 108 valence electrons. The molecule has 1 aromatic heterocycles. The predicted octanol–water partition coefficient (Wildman–Crippen LogP) is 3.03. The highest BCUT2D eigenvalue weighted by atomic mass is 16.3. The molecule has 0 saturated carbocycles. The highest BCUT2D eigenvalue weighted by Gasteiger charge is 2.09. The van der Waals surface area contributed by atoms with Gasteiger partial charge < -0.3 is 15.4 Å². The lowest BCUT2D eigenvalue weighted by Crippen LogP contribution is -2.26.